The largest absolute Gasteiger partial charge is 0.456 e. The molecule has 208 valence electrons. The topological polar surface area (TPSA) is 151 Å². The maximum absolute atomic E-state index is 13.2. The molecule has 0 fully saturated rings. The molecule has 0 spiro atoms. The minimum atomic E-state index is -3.81. The molecule has 0 heterocycles. The highest BCUT2D eigenvalue weighted by molar-refractivity contribution is 7.89. The summed E-state index contributed by atoms with van der Waals surface area (Å²) in [5, 5.41) is 23.2. The summed E-state index contributed by atoms with van der Waals surface area (Å²) in [5.74, 6) is -0.318. The molecule has 10 nitrogen and oxygen atoms in total. The van der Waals surface area contributed by atoms with Crippen LogP contribution in [0.2, 0.25) is 0 Å². The number of amides is 1. The van der Waals surface area contributed by atoms with Gasteiger partial charge in [0, 0.05) is 28.9 Å². The first-order valence-electron chi connectivity index (χ1n) is 12.4. The Morgan fingerprint density at radius 1 is 0.951 bits per heavy atom. The number of benzene rings is 4. The Balaban J connectivity index is 1.62. The van der Waals surface area contributed by atoms with Gasteiger partial charge >= 0.3 is 0 Å². The molecule has 0 saturated carbocycles. The highest BCUT2D eigenvalue weighted by atomic mass is 32.2. The van der Waals surface area contributed by atoms with Crippen molar-refractivity contribution in [1.82, 2.24) is 4.72 Å². The van der Waals surface area contributed by atoms with E-state index in [1.165, 1.54) is 24.3 Å². The summed E-state index contributed by atoms with van der Waals surface area (Å²) in [6.45, 7) is 5.27. The molecule has 0 aliphatic heterocycles. The summed E-state index contributed by atoms with van der Waals surface area (Å²) in [5.41, 5.74) is 0.745. The lowest BCUT2D eigenvalue weighted by Crippen LogP contribution is -2.40. The Morgan fingerprint density at radius 3 is 2.32 bits per heavy atom. The molecule has 11 heteroatoms. The number of nitro benzene ring substituents is 1. The average Bonchev–Trinajstić information content (AvgIpc) is 2.92. The van der Waals surface area contributed by atoms with Crippen LogP contribution in [0.4, 0.5) is 11.4 Å². The first kappa shape index (κ1) is 28.9. The van der Waals surface area contributed by atoms with E-state index in [1.807, 2.05) is 6.07 Å². The van der Waals surface area contributed by atoms with Crippen LogP contribution in [0, 0.1) is 21.4 Å². The molecular weight excluding hydrogens is 544 g/mol. The van der Waals surface area contributed by atoms with Gasteiger partial charge in [-0.25, -0.2) is 13.1 Å². The number of nitriles is 1. The first-order chi connectivity index (χ1) is 19.4. The van der Waals surface area contributed by atoms with E-state index in [0.29, 0.717) is 22.4 Å². The van der Waals surface area contributed by atoms with Crippen molar-refractivity contribution in [3.8, 4) is 28.7 Å². The molecule has 1 amide bonds. The molecule has 41 heavy (non-hydrogen) atoms. The van der Waals surface area contributed by atoms with Crippen molar-refractivity contribution in [3.05, 3.63) is 112 Å². The number of rotatable bonds is 8. The van der Waals surface area contributed by atoms with Gasteiger partial charge in [-0.2, -0.15) is 5.26 Å². The summed E-state index contributed by atoms with van der Waals surface area (Å²) in [6, 6.07) is 25.1. The van der Waals surface area contributed by atoms with Crippen LogP contribution in [0.25, 0.3) is 11.1 Å². The number of carbonyl (C=O) groups excluding carboxylic acids is 1. The van der Waals surface area contributed by atoms with Crippen LogP contribution in [0.1, 0.15) is 36.7 Å². The fourth-order valence-corrected chi connectivity index (χ4v) is 5.63. The van der Waals surface area contributed by atoms with Crippen molar-refractivity contribution < 1.29 is 22.9 Å². The molecule has 4 aromatic rings. The van der Waals surface area contributed by atoms with Crippen LogP contribution in [0.5, 0.6) is 11.5 Å². The van der Waals surface area contributed by atoms with Gasteiger partial charge in [0.15, 0.2) is 0 Å². The maximum Gasteiger partial charge on any atom is 0.270 e. The van der Waals surface area contributed by atoms with E-state index in [1.54, 1.807) is 81.4 Å². The lowest BCUT2D eigenvalue weighted by molar-refractivity contribution is -0.384. The molecule has 0 unspecified atom stereocenters. The molecule has 0 aromatic heterocycles. The van der Waals surface area contributed by atoms with Gasteiger partial charge in [0.2, 0.25) is 10.0 Å². The van der Waals surface area contributed by atoms with E-state index in [4.69, 9.17) is 10.00 Å². The van der Waals surface area contributed by atoms with Gasteiger partial charge in [0.05, 0.1) is 27.0 Å². The van der Waals surface area contributed by atoms with Gasteiger partial charge < -0.3 is 10.1 Å². The highest BCUT2D eigenvalue weighted by Crippen LogP contribution is 2.32. The van der Waals surface area contributed by atoms with Crippen molar-refractivity contribution in [2.75, 3.05) is 5.32 Å². The normalized spacial score (nSPS) is 11.4. The summed E-state index contributed by atoms with van der Waals surface area (Å²) < 4.78 is 34.5. The Hall–Kier alpha value is -5.05. The monoisotopic (exact) mass is 570 g/mol. The summed E-state index contributed by atoms with van der Waals surface area (Å²) >= 11 is 0. The highest BCUT2D eigenvalue weighted by Gasteiger charge is 2.25. The van der Waals surface area contributed by atoms with Gasteiger partial charge in [-0.15, -0.1) is 0 Å². The van der Waals surface area contributed by atoms with Gasteiger partial charge in [0.25, 0.3) is 11.6 Å². The van der Waals surface area contributed by atoms with E-state index in [9.17, 15) is 23.3 Å². The molecule has 4 rings (SSSR count). The Kier molecular flexibility index (Phi) is 8.18. The lowest BCUT2D eigenvalue weighted by atomic mass is 10.1. The minimum absolute atomic E-state index is 0.0605. The van der Waals surface area contributed by atoms with Crippen LogP contribution in [0.3, 0.4) is 0 Å². The van der Waals surface area contributed by atoms with E-state index in [2.05, 4.69) is 10.0 Å². The van der Waals surface area contributed by atoms with Crippen molar-refractivity contribution >= 4 is 27.3 Å². The number of nitrogens with zero attached hydrogens (tertiary/aromatic N) is 2. The molecule has 0 atom stereocenters. The lowest BCUT2D eigenvalue weighted by Gasteiger charge is -2.21. The third kappa shape index (κ3) is 7.13. The van der Waals surface area contributed by atoms with Crippen molar-refractivity contribution in [3.63, 3.8) is 0 Å². The predicted molar refractivity (Wildman–Crippen MR) is 154 cm³/mol. The van der Waals surface area contributed by atoms with E-state index in [0.717, 1.165) is 6.07 Å². The van der Waals surface area contributed by atoms with Gasteiger partial charge in [0.1, 0.15) is 11.5 Å². The van der Waals surface area contributed by atoms with Gasteiger partial charge in [-0.05, 0) is 68.8 Å². The maximum atomic E-state index is 13.2. The fraction of sp³-hybridized carbons (Fsp3) is 0.133. The summed E-state index contributed by atoms with van der Waals surface area (Å²) in [6.07, 6.45) is 0. The number of non-ortho nitro benzene ring substituents is 1. The van der Waals surface area contributed by atoms with Crippen LogP contribution in [0.15, 0.2) is 95.9 Å². The zero-order valence-corrected chi connectivity index (χ0v) is 23.2. The van der Waals surface area contributed by atoms with E-state index in [-0.39, 0.29) is 27.6 Å². The van der Waals surface area contributed by atoms with Crippen LogP contribution < -0.4 is 14.8 Å². The first-order valence-corrected chi connectivity index (χ1v) is 13.9. The third-order valence-electron chi connectivity index (χ3n) is 5.68. The second kappa shape index (κ2) is 11.6. The molecule has 0 saturated heterocycles. The number of nitrogens with one attached hydrogen (secondary N) is 2. The number of anilines is 1. The zero-order chi connectivity index (χ0) is 29.8. The van der Waals surface area contributed by atoms with E-state index >= 15 is 0 Å². The number of ether oxygens (including phenoxy) is 1. The third-order valence-corrected chi connectivity index (χ3v) is 7.50. The average molecular weight is 571 g/mol. The van der Waals surface area contributed by atoms with Crippen LogP contribution >= 0.6 is 0 Å². The second-order valence-corrected chi connectivity index (χ2v) is 11.7. The smallest absolute Gasteiger partial charge is 0.270 e. The number of nitro groups is 1. The van der Waals surface area contributed by atoms with Gasteiger partial charge in [-0.3, -0.25) is 14.9 Å². The predicted octanol–water partition coefficient (Wildman–Crippen LogP) is 6.25. The Morgan fingerprint density at radius 2 is 1.66 bits per heavy atom. The SMILES string of the molecule is CC(C)(C)NS(=O)(=O)c1ccccc1-c1ccc(NC(=O)c2cc([N+](=O)[O-])ccc2Oc2cccc(C#N)c2)cc1. The molecule has 0 radical (unpaired) electrons. The number of hydrogen-bond acceptors (Lipinski definition) is 7. The zero-order valence-electron chi connectivity index (χ0n) is 22.4. The standard InChI is InChI=1S/C30H26N4O6S/c1-30(2,3)33-41(38,39)28-10-5-4-9-25(28)21-11-13-22(14-12-21)32-29(35)26-18-23(34(36)37)15-16-27(26)40-24-8-6-7-20(17-24)19-31/h4-18,33H,1-3H3,(H,32,35). The molecule has 2 N–H and O–H groups in total. The number of hydrogen-bond donors (Lipinski definition) is 2. The van der Waals surface area contributed by atoms with Crippen molar-refractivity contribution in [2.45, 2.75) is 31.2 Å². The van der Waals surface area contributed by atoms with E-state index < -0.39 is 26.4 Å². The fourth-order valence-electron chi connectivity index (χ4n) is 3.98. The second-order valence-electron chi connectivity index (χ2n) is 10.1. The van der Waals surface area contributed by atoms with Crippen LogP contribution in [-0.2, 0) is 10.0 Å². The Bertz CT molecular complexity index is 1770. The summed E-state index contributed by atoms with van der Waals surface area (Å²) in [7, 11) is -3.81. The molecule has 4 aromatic carbocycles. The molecule has 0 bridgehead atoms. The number of carbonyl (C=O) groups is 1. The summed E-state index contributed by atoms with van der Waals surface area (Å²) in [4.78, 5) is 24.1. The van der Waals surface area contributed by atoms with Crippen molar-refractivity contribution in [2.24, 2.45) is 0 Å². The molecule has 0 aliphatic rings. The van der Waals surface area contributed by atoms with Crippen LogP contribution in [-0.4, -0.2) is 24.8 Å². The number of sulfonamides is 1. The molecule has 0 aliphatic carbocycles. The van der Waals surface area contributed by atoms with Crippen molar-refractivity contribution in [1.29, 1.82) is 5.26 Å². The molecular formula is C30H26N4O6S. The van der Waals surface area contributed by atoms with Gasteiger partial charge in [-0.1, -0.05) is 36.4 Å². The Labute approximate surface area is 237 Å². The quantitative estimate of drug-likeness (QED) is 0.187. The minimum Gasteiger partial charge on any atom is -0.456 e.